The maximum absolute atomic E-state index is 13.8. The van der Waals surface area contributed by atoms with Gasteiger partial charge < -0.3 is 4.90 Å². The van der Waals surface area contributed by atoms with Crippen molar-refractivity contribution in [3.8, 4) is 0 Å². The monoisotopic (exact) mass is 412 g/mol. The van der Waals surface area contributed by atoms with Crippen LogP contribution in [0, 0.1) is 18.8 Å². The van der Waals surface area contributed by atoms with Crippen LogP contribution in [-0.2, 0) is 9.59 Å². The van der Waals surface area contributed by atoms with Crippen molar-refractivity contribution in [1.82, 2.24) is 4.90 Å². The van der Waals surface area contributed by atoms with Gasteiger partial charge in [0.05, 0.1) is 17.9 Å². The van der Waals surface area contributed by atoms with Crippen LogP contribution in [0.25, 0.3) is 5.57 Å². The van der Waals surface area contributed by atoms with Crippen LogP contribution < -0.4 is 4.90 Å². The Morgan fingerprint density at radius 2 is 1.74 bits per heavy atom. The van der Waals surface area contributed by atoms with E-state index in [2.05, 4.69) is 18.7 Å². The largest absolute Gasteiger partial charge is 0.352 e. The molecule has 3 aliphatic heterocycles. The molecule has 0 bridgehead atoms. The van der Waals surface area contributed by atoms with Gasteiger partial charge in [0, 0.05) is 23.4 Å². The number of nitrogens with zero attached hydrogens (tertiary/aromatic N) is 2. The van der Waals surface area contributed by atoms with Crippen molar-refractivity contribution >= 4 is 28.9 Å². The highest BCUT2D eigenvalue weighted by Crippen LogP contribution is 2.50. The molecular formula is C26H24N2O3. The van der Waals surface area contributed by atoms with Gasteiger partial charge in [0.2, 0.25) is 11.8 Å². The van der Waals surface area contributed by atoms with Crippen LogP contribution >= 0.6 is 0 Å². The molecule has 2 aromatic rings. The zero-order valence-electron chi connectivity index (χ0n) is 17.6. The molecule has 2 fully saturated rings. The summed E-state index contributed by atoms with van der Waals surface area (Å²) in [6.07, 6.45) is 3.61. The minimum atomic E-state index is -0.727. The van der Waals surface area contributed by atoms with E-state index >= 15 is 0 Å². The normalized spacial score (nSPS) is 26.3. The zero-order valence-corrected chi connectivity index (χ0v) is 17.6. The van der Waals surface area contributed by atoms with E-state index in [1.165, 1.54) is 4.90 Å². The van der Waals surface area contributed by atoms with Gasteiger partial charge in [-0.2, -0.15) is 0 Å². The number of benzene rings is 2. The Bertz CT molecular complexity index is 1150. The standard InChI is InChI=1S/C26H24N2O3/c1-4-12-27-25(30)21-20-14-16(3)18-13-15(2)10-11-19(18)28(20)23(22(21)26(27)31)24(29)17-8-6-5-7-9-17/h4-11,13-14,20-23H,1,12H2,2-3H3/t20?,21-,22-,23?/m1/s1. The number of amides is 2. The fraction of sp³-hybridized carbons (Fsp3) is 0.269. The van der Waals surface area contributed by atoms with E-state index < -0.39 is 17.9 Å². The third kappa shape index (κ3) is 2.73. The number of hydrogen-bond donors (Lipinski definition) is 0. The van der Waals surface area contributed by atoms with Gasteiger partial charge in [0.1, 0.15) is 6.04 Å². The molecule has 156 valence electrons. The van der Waals surface area contributed by atoms with Gasteiger partial charge in [-0.3, -0.25) is 19.3 Å². The number of fused-ring (bicyclic) bond motifs is 5. The topological polar surface area (TPSA) is 57.7 Å². The summed E-state index contributed by atoms with van der Waals surface area (Å²) >= 11 is 0. The fourth-order valence-electron chi connectivity index (χ4n) is 5.40. The maximum atomic E-state index is 13.8. The number of rotatable bonds is 4. The molecule has 5 nitrogen and oxygen atoms in total. The summed E-state index contributed by atoms with van der Waals surface area (Å²) in [6, 6.07) is 14.1. The second-order valence-electron chi connectivity index (χ2n) is 8.57. The first-order valence-corrected chi connectivity index (χ1v) is 10.6. The molecule has 0 aliphatic carbocycles. The number of Topliss-reactive ketones (excluding diaryl/α,β-unsaturated/α-hetero) is 1. The zero-order chi connectivity index (χ0) is 21.9. The van der Waals surface area contributed by atoms with Crippen LogP contribution in [0.1, 0.15) is 28.4 Å². The van der Waals surface area contributed by atoms with E-state index in [9.17, 15) is 14.4 Å². The van der Waals surface area contributed by atoms with Crippen molar-refractivity contribution in [2.45, 2.75) is 25.9 Å². The molecule has 4 atom stereocenters. The summed E-state index contributed by atoms with van der Waals surface area (Å²) in [5.74, 6) is -1.90. The molecule has 0 radical (unpaired) electrons. The number of likely N-dealkylation sites (tertiary alicyclic amines) is 1. The quantitative estimate of drug-likeness (QED) is 0.437. The average Bonchev–Trinajstić information content (AvgIpc) is 3.23. The Kier molecular flexibility index (Phi) is 4.43. The lowest BCUT2D eigenvalue weighted by molar-refractivity contribution is -0.139. The van der Waals surface area contributed by atoms with Crippen molar-refractivity contribution in [2.24, 2.45) is 11.8 Å². The molecule has 0 saturated carbocycles. The Balaban J connectivity index is 1.70. The molecule has 0 N–H and O–H groups in total. The molecule has 2 saturated heterocycles. The molecule has 5 rings (SSSR count). The number of carbonyl (C=O) groups excluding carboxylic acids is 3. The Labute approximate surface area is 181 Å². The van der Waals surface area contributed by atoms with Gasteiger partial charge in [-0.05, 0) is 31.6 Å². The van der Waals surface area contributed by atoms with E-state index in [0.29, 0.717) is 5.56 Å². The first-order chi connectivity index (χ1) is 14.9. The van der Waals surface area contributed by atoms with Gasteiger partial charge in [0.25, 0.3) is 0 Å². The van der Waals surface area contributed by atoms with Crippen LogP contribution in [0.3, 0.4) is 0 Å². The van der Waals surface area contributed by atoms with Gasteiger partial charge in [0.15, 0.2) is 5.78 Å². The Morgan fingerprint density at radius 1 is 1.03 bits per heavy atom. The summed E-state index contributed by atoms with van der Waals surface area (Å²) in [5, 5.41) is 0. The summed E-state index contributed by atoms with van der Waals surface area (Å²) in [4.78, 5) is 43.7. The average molecular weight is 412 g/mol. The predicted octanol–water partition coefficient (Wildman–Crippen LogP) is 3.64. The lowest BCUT2D eigenvalue weighted by Crippen LogP contribution is -2.49. The molecule has 3 aliphatic rings. The number of hydrogen-bond acceptors (Lipinski definition) is 4. The molecule has 5 heteroatoms. The second-order valence-corrected chi connectivity index (χ2v) is 8.57. The van der Waals surface area contributed by atoms with Gasteiger partial charge >= 0.3 is 0 Å². The first-order valence-electron chi connectivity index (χ1n) is 10.6. The molecule has 0 aromatic heterocycles. The van der Waals surface area contributed by atoms with Crippen LogP contribution in [0.15, 0.2) is 67.3 Å². The Hall–Kier alpha value is -3.47. The number of anilines is 1. The van der Waals surface area contributed by atoms with Gasteiger partial charge in [-0.25, -0.2) is 0 Å². The van der Waals surface area contributed by atoms with E-state index in [1.807, 2.05) is 49.1 Å². The summed E-state index contributed by atoms with van der Waals surface area (Å²) < 4.78 is 0. The number of allylic oxidation sites excluding steroid dienone is 1. The summed E-state index contributed by atoms with van der Waals surface area (Å²) in [5.41, 5.74) is 4.70. The molecule has 2 unspecified atom stereocenters. The lowest BCUT2D eigenvalue weighted by atomic mass is 9.85. The number of ketones is 1. The van der Waals surface area contributed by atoms with Crippen LogP contribution in [0.4, 0.5) is 5.69 Å². The molecular weight excluding hydrogens is 388 g/mol. The number of carbonyl (C=O) groups is 3. The number of aryl methyl sites for hydroxylation is 1. The van der Waals surface area contributed by atoms with E-state index in [0.717, 1.165) is 22.4 Å². The van der Waals surface area contributed by atoms with E-state index in [4.69, 9.17) is 0 Å². The second kappa shape index (κ2) is 7.05. The highest BCUT2D eigenvalue weighted by Gasteiger charge is 2.64. The molecule has 2 amide bonds. The Morgan fingerprint density at radius 3 is 2.45 bits per heavy atom. The van der Waals surface area contributed by atoms with Crippen molar-refractivity contribution < 1.29 is 14.4 Å². The van der Waals surface area contributed by atoms with Gasteiger partial charge in [-0.15, -0.1) is 6.58 Å². The molecule has 0 spiro atoms. The van der Waals surface area contributed by atoms with Crippen LogP contribution in [-0.4, -0.2) is 41.1 Å². The smallest absolute Gasteiger partial charge is 0.236 e. The molecule has 3 heterocycles. The SMILES string of the molecule is C=CCN1C(=O)[C@@H]2C3C=C(C)c4cc(C)ccc4N3C(C(=O)c3ccccc3)[C@@H]2C1=O. The van der Waals surface area contributed by atoms with Crippen LogP contribution in [0.5, 0.6) is 0 Å². The molecule has 2 aromatic carbocycles. The third-order valence-electron chi connectivity index (χ3n) is 6.73. The highest BCUT2D eigenvalue weighted by atomic mass is 16.2. The predicted molar refractivity (Wildman–Crippen MR) is 120 cm³/mol. The molecule has 31 heavy (non-hydrogen) atoms. The van der Waals surface area contributed by atoms with Crippen molar-refractivity contribution in [1.29, 1.82) is 0 Å². The maximum Gasteiger partial charge on any atom is 0.236 e. The third-order valence-corrected chi connectivity index (χ3v) is 6.73. The van der Waals surface area contributed by atoms with Gasteiger partial charge in [-0.1, -0.05) is 54.1 Å². The number of imide groups is 1. The lowest BCUT2D eigenvalue weighted by Gasteiger charge is -2.38. The van der Waals surface area contributed by atoms with E-state index in [1.54, 1.807) is 18.2 Å². The minimum absolute atomic E-state index is 0.126. The van der Waals surface area contributed by atoms with Crippen LogP contribution in [0.2, 0.25) is 0 Å². The van der Waals surface area contributed by atoms with Crippen molar-refractivity contribution in [3.05, 3.63) is 84.0 Å². The van der Waals surface area contributed by atoms with Crippen molar-refractivity contribution in [3.63, 3.8) is 0 Å². The first kappa shape index (κ1) is 19.5. The fourth-order valence-corrected chi connectivity index (χ4v) is 5.40. The summed E-state index contributed by atoms with van der Waals surface area (Å²) in [7, 11) is 0. The highest BCUT2D eigenvalue weighted by molar-refractivity contribution is 6.14. The van der Waals surface area contributed by atoms with Crippen molar-refractivity contribution in [2.75, 3.05) is 11.4 Å². The minimum Gasteiger partial charge on any atom is -0.352 e. The van der Waals surface area contributed by atoms with E-state index in [-0.39, 0.29) is 30.2 Å². The summed E-state index contributed by atoms with van der Waals surface area (Å²) in [6.45, 7) is 7.91.